The zero-order valence-corrected chi connectivity index (χ0v) is 18.3. The minimum atomic E-state index is -3.50. The average molecular weight is 430 g/mol. The van der Waals surface area contributed by atoms with E-state index >= 15 is 0 Å². The van der Waals surface area contributed by atoms with Gasteiger partial charge in [0.1, 0.15) is 15.5 Å². The maximum atomic E-state index is 13.1. The van der Waals surface area contributed by atoms with Gasteiger partial charge in [0, 0.05) is 11.4 Å². The van der Waals surface area contributed by atoms with Gasteiger partial charge in [0.05, 0.1) is 22.0 Å². The lowest BCUT2D eigenvalue weighted by atomic mass is 10.0. The van der Waals surface area contributed by atoms with E-state index in [1.54, 1.807) is 26.8 Å². The Bertz CT molecular complexity index is 1130. The SMILES string of the molecule is Cc1nc(C(C)(C)O)ccc1S(N)(=O)=NC(=O)Nc1c2c(nc3c1CCC3)CCC2. The Labute approximate surface area is 176 Å². The molecule has 2 amide bonds. The van der Waals surface area contributed by atoms with Crippen molar-refractivity contribution in [1.29, 1.82) is 0 Å². The molecule has 0 fully saturated rings. The predicted octanol–water partition coefficient (Wildman–Crippen LogP) is 2.92. The summed E-state index contributed by atoms with van der Waals surface area (Å²) in [4.78, 5) is 22.0. The van der Waals surface area contributed by atoms with Gasteiger partial charge in [0.25, 0.3) is 0 Å². The monoisotopic (exact) mass is 429 g/mol. The van der Waals surface area contributed by atoms with Crippen LogP contribution in [0.1, 0.15) is 60.6 Å². The van der Waals surface area contributed by atoms with Crippen LogP contribution in [0.4, 0.5) is 10.5 Å². The second kappa shape index (κ2) is 7.40. The van der Waals surface area contributed by atoms with Crippen molar-refractivity contribution in [3.8, 4) is 0 Å². The van der Waals surface area contributed by atoms with Gasteiger partial charge in [-0.05, 0) is 82.6 Å². The Morgan fingerprint density at radius 3 is 2.27 bits per heavy atom. The molecule has 2 aliphatic carbocycles. The number of nitrogens with one attached hydrogen (secondary N) is 1. The molecule has 2 heterocycles. The standard InChI is InChI=1S/C21H27N5O3S/c1-12-17(10-11-18(23-12)21(2,3)28)30(22,29)26-20(27)25-19-13-6-4-8-15(13)24-16-9-5-7-14(16)19/h10-11,28H,4-9H2,1-3H3,(H3,22,24,25,26,27,29). The summed E-state index contributed by atoms with van der Waals surface area (Å²) in [6.07, 6.45) is 5.58. The lowest BCUT2D eigenvalue weighted by Crippen LogP contribution is -2.22. The molecule has 0 aliphatic heterocycles. The second-order valence-corrected chi connectivity index (χ2v) is 10.2. The Morgan fingerprint density at radius 1 is 1.13 bits per heavy atom. The minimum absolute atomic E-state index is 0.177. The van der Waals surface area contributed by atoms with Crippen LogP contribution in [0.5, 0.6) is 0 Å². The minimum Gasteiger partial charge on any atom is -0.384 e. The number of carbonyl (C=O) groups excluding carboxylic acids is 1. The smallest absolute Gasteiger partial charge is 0.354 e. The van der Waals surface area contributed by atoms with Crippen LogP contribution in [0.25, 0.3) is 0 Å². The van der Waals surface area contributed by atoms with Crippen molar-refractivity contribution in [2.45, 2.75) is 69.8 Å². The fourth-order valence-corrected chi connectivity index (χ4v) is 5.36. The number of carbonyl (C=O) groups is 1. The van der Waals surface area contributed by atoms with Gasteiger partial charge in [0.15, 0.2) is 0 Å². The first kappa shape index (κ1) is 20.9. The van der Waals surface area contributed by atoms with E-state index in [2.05, 4.69) is 14.7 Å². The zero-order chi connectivity index (χ0) is 21.7. The highest BCUT2D eigenvalue weighted by Gasteiger charge is 2.27. The number of pyridine rings is 2. The van der Waals surface area contributed by atoms with Crippen molar-refractivity contribution in [2.75, 3.05) is 5.32 Å². The van der Waals surface area contributed by atoms with E-state index in [1.807, 2.05) is 0 Å². The van der Waals surface area contributed by atoms with Crippen LogP contribution < -0.4 is 10.5 Å². The number of anilines is 1. The van der Waals surface area contributed by atoms with Gasteiger partial charge < -0.3 is 10.4 Å². The highest BCUT2D eigenvalue weighted by atomic mass is 32.2. The molecule has 9 heteroatoms. The van der Waals surface area contributed by atoms with Gasteiger partial charge in [0.2, 0.25) is 0 Å². The third-order valence-corrected chi connectivity index (χ3v) is 7.18. The molecule has 2 aromatic heterocycles. The largest absolute Gasteiger partial charge is 0.384 e. The first-order valence-corrected chi connectivity index (χ1v) is 11.7. The van der Waals surface area contributed by atoms with Gasteiger partial charge in [-0.25, -0.2) is 14.1 Å². The molecule has 1 unspecified atom stereocenters. The summed E-state index contributed by atoms with van der Waals surface area (Å²) in [5.41, 5.74) is 4.64. The molecular formula is C21H27N5O3S. The zero-order valence-electron chi connectivity index (χ0n) is 17.5. The first-order valence-electron chi connectivity index (χ1n) is 10.2. The summed E-state index contributed by atoms with van der Waals surface area (Å²) in [7, 11) is -3.50. The van der Waals surface area contributed by atoms with E-state index in [1.165, 1.54) is 6.07 Å². The summed E-state index contributed by atoms with van der Waals surface area (Å²) < 4.78 is 16.9. The Hall–Kier alpha value is -2.36. The molecule has 0 saturated heterocycles. The van der Waals surface area contributed by atoms with E-state index in [9.17, 15) is 14.1 Å². The molecular weight excluding hydrogens is 402 g/mol. The molecule has 0 saturated carbocycles. The Kier molecular flexibility index (Phi) is 5.16. The van der Waals surface area contributed by atoms with Crippen LogP contribution in [-0.4, -0.2) is 25.3 Å². The van der Waals surface area contributed by atoms with Crippen molar-refractivity contribution < 1.29 is 14.1 Å². The normalized spacial score (nSPS) is 17.2. The number of urea groups is 1. The third-order valence-electron chi connectivity index (χ3n) is 5.68. The van der Waals surface area contributed by atoms with E-state index in [0.29, 0.717) is 11.4 Å². The number of nitrogens with two attached hydrogens (primary N) is 1. The van der Waals surface area contributed by atoms with Crippen molar-refractivity contribution in [2.24, 2.45) is 9.50 Å². The van der Waals surface area contributed by atoms with Gasteiger partial charge in [-0.2, -0.15) is 0 Å². The average Bonchev–Trinajstić information content (AvgIpc) is 3.28. The van der Waals surface area contributed by atoms with Crippen LogP contribution in [0, 0.1) is 6.92 Å². The third kappa shape index (κ3) is 3.84. The lowest BCUT2D eigenvalue weighted by Gasteiger charge is -2.18. The lowest BCUT2D eigenvalue weighted by molar-refractivity contribution is 0.0735. The quantitative estimate of drug-likeness (QED) is 0.690. The van der Waals surface area contributed by atoms with E-state index in [0.717, 1.165) is 66.7 Å². The number of aryl methyl sites for hydroxylation is 3. The molecule has 0 bridgehead atoms. The molecule has 0 radical (unpaired) electrons. The molecule has 4 N–H and O–H groups in total. The number of aromatic nitrogens is 2. The van der Waals surface area contributed by atoms with Crippen molar-refractivity contribution in [1.82, 2.24) is 9.97 Å². The van der Waals surface area contributed by atoms with Gasteiger partial charge >= 0.3 is 6.03 Å². The van der Waals surface area contributed by atoms with Crippen LogP contribution >= 0.6 is 0 Å². The molecule has 0 aromatic carbocycles. The second-order valence-electron chi connectivity index (χ2n) is 8.47. The van der Waals surface area contributed by atoms with E-state index in [-0.39, 0.29) is 4.90 Å². The van der Waals surface area contributed by atoms with Crippen molar-refractivity contribution >= 4 is 21.6 Å². The number of nitrogens with zero attached hydrogens (tertiary/aromatic N) is 3. The number of hydrogen-bond acceptors (Lipinski definition) is 5. The number of amides is 2. The summed E-state index contributed by atoms with van der Waals surface area (Å²) in [6, 6.07) is 2.32. The molecule has 1 atom stereocenters. The molecule has 30 heavy (non-hydrogen) atoms. The summed E-state index contributed by atoms with van der Waals surface area (Å²) in [6.45, 7) is 4.85. The predicted molar refractivity (Wildman–Crippen MR) is 115 cm³/mol. The molecule has 0 spiro atoms. The number of hydrogen-bond donors (Lipinski definition) is 3. The number of fused-ring (bicyclic) bond motifs is 2. The molecule has 2 aromatic rings. The van der Waals surface area contributed by atoms with Crippen LogP contribution in [0.15, 0.2) is 21.4 Å². The van der Waals surface area contributed by atoms with E-state index in [4.69, 9.17) is 10.1 Å². The fraction of sp³-hybridized carbons (Fsp3) is 0.476. The van der Waals surface area contributed by atoms with Crippen molar-refractivity contribution in [3.63, 3.8) is 0 Å². The topological polar surface area (TPSA) is 131 Å². The van der Waals surface area contributed by atoms with Crippen LogP contribution in [0.3, 0.4) is 0 Å². The van der Waals surface area contributed by atoms with Crippen LogP contribution in [-0.2, 0) is 41.2 Å². The number of aliphatic hydroxyl groups is 1. The molecule has 2 aliphatic rings. The molecule has 160 valence electrons. The number of rotatable bonds is 3. The Balaban J connectivity index is 1.67. The summed E-state index contributed by atoms with van der Waals surface area (Å²) >= 11 is 0. The van der Waals surface area contributed by atoms with Crippen molar-refractivity contribution in [3.05, 3.63) is 46.0 Å². The van der Waals surface area contributed by atoms with Crippen LogP contribution in [0.2, 0.25) is 0 Å². The highest BCUT2D eigenvalue weighted by molar-refractivity contribution is 7.91. The summed E-state index contributed by atoms with van der Waals surface area (Å²) in [5, 5.41) is 18.9. The van der Waals surface area contributed by atoms with E-state index < -0.39 is 21.5 Å². The van der Waals surface area contributed by atoms with Gasteiger partial charge in [-0.3, -0.25) is 9.97 Å². The molecule has 8 nitrogen and oxygen atoms in total. The first-order chi connectivity index (χ1) is 14.1. The Morgan fingerprint density at radius 2 is 1.73 bits per heavy atom. The summed E-state index contributed by atoms with van der Waals surface area (Å²) in [5.74, 6) is 0. The maximum Gasteiger partial charge on any atom is 0.354 e. The van der Waals surface area contributed by atoms with Gasteiger partial charge in [-0.15, -0.1) is 4.36 Å². The maximum absolute atomic E-state index is 13.1. The molecule has 4 rings (SSSR count). The van der Waals surface area contributed by atoms with Gasteiger partial charge in [-0.1, -0.05) is 0 Å². The fourth-order valence-electron chi connectivity index (χ4n) is 4.24. The highest BCUT2D eigenvalue weighted by Crippen LogP contribution is 2.36.